The van der Waals surface area contributed by atoms with Crippen molar-refractivity contribution in [1.29, 1.82) is 0 Å². The van der Waals surface area contributed by atoms with Gasteiger partial charge in [0.2, 0.25) is 5.28 Å². The molecule has 1 aliphatic carbocycles. The number of imidazole rings is 1. The Morgan fingerprint density at radius 2 is 1.64 bits per heavy atom. The summed E-state index contributed by atoms with van der Waals surface area (Å²) in [5.41, 5.74) is 3.75. The number of hydrogen-bond donors (Lipinski definition) is 5. The van der Waals surface area contributed by atoms with Gasteiger partial charge >= 0.3 is 15.2 Å². The average Bonchev–Trinajstić information content (AvgIpc) is 3.59. The highest BCUT2D eigenvalue weighted by Crippen LogP contribution is 2.55. The number of anilines is 1. The zero-order valence-electron chi connectivity index (χ0n) is 25.3. The summed E-state index contributed by atoms with van der Waals surface area (Å²) in [4.78, 5) is 43.1. The monoisotopic (exact) mass is 687 g/mol. The number of aliphatic hydroxyl groups is 2. The van der Waals surface area contributed by atoms with Crippen molar-refractivity contribution in [2.45, 2.75) is 71.0 Å². The van der Waals surface area contributed by atoms with E-state index in [1.165, 1.54) is 22.0 Å². The minimum Gasteiger partial charge on any atom is -0.387 e. The van der Waals surface area contributed by atoms with Gasteiger partial charge in [0.25, 0.3) is 0 Å². The van der Waals surface area contributed by atoms with Crippen LogP contribution in [0.15, 0.2) is 30.6 Å². The molecule has 0 bridgehead atoms. The van der Waals surface area contributed by atoms with Crippen LogP contribution in [-0.4, -0.2) is 88.3 Å². The maximum absolute atomic E-state index is 12.0. The summed E-state index contributed by atoms with van der Waals surface area (Å²) >= 11 is 6.32. The van der Waals surface area contributed by atoms with E-state index in [9.17, 15) is 24.2 Å². The topological polar surface area (TPSA) is 201 Å². The maximum Gasteiger partial charge on any atom is 0.340 e. The van der Waals surface area contributed by atoms with Gasteiger partial charge in [-0.1, -0.05) is 45.0 Å². The predicted octanol–water partition coefficient (Wildman–Crippen LogP) is 3.48. The molecule has 4 heterocycles. The molecular weight excluding hydrogens is 648 g/mol. The molecule has 5 unspecified atom stereocenters. The molecule has 17 heteroatoms. The third-order valence-electron chi connectivity index (χ3n) is 8.16. The van der Waals surface area contributed by atoms with E-state index in [0.29, 0.717) is 11.3 Å². The van der Waals surface area contributed by atoms with E-state index in [-0.39, 0.29) is 16.3 Å². The lowest BCUT2D eigenvalue weighted by atomic mass is 9.76. The number of fused-ring (bicyclic) bond motifs is 2. The molecule has 0 saturated carbocycles. The summed E-state index contributed by atoms with van der Waals surface area (Å²) < 4.78 is 35.0. The van der Waals surface area contributed by atoms with Gasteiger partial charge in [0.15, 0.2) is 29.1 Å². The average molecular weight is 688 g/mol. The molecule has 45 heavy (non-hydrogen) atoms. The standard InChI is InChI=1S/C24H30ClN5O9P2.C4H10/c25-23-27-20(29-7-5-24(6-8-29)9-14-3-1-2-4-15(14)10-24)17-21(28-23)30(12-26-17)22-19(32)18(31)16(39-22)11-38-41(36,37)13-40(33,34)35;1-4(2)3/h1-4,12,16,18-19,22,31-32H,5-11,13H2,(H,36,37)(H2,33,34,35);4H,1-3H3. The van der Waals surface area contributed by atoms with Gasteiger partial charge in [0.1, 0.15) is 18.3 Å². The Hall–Kier alpha value is -1.96. The summed E-state index contributed by atoms with van der Waals surface area (Å²) in [7, 11) is -9.52. The molecule has 2 fully saturated rings. The molecule has 2 aromatic heterocycles. The Labute approximate surface area is 266 Å². The Balaban J connectivity index is 0.000000945. The van der Waals surface area contributed by atoms with E-state index in [0.717, 1.165) is 44.7 Å². The molecule has 1 aromatic carbocycles. The summed E-state index contributed by atoms with van der Waals surface area (Å²) in [6.07, 6.45) is -0.0933. The van der Waals surface area contributed by atoms with Gasteiger partial charge in [-0.3, -0.25) is 13.7 Å². The van der Waals surface area contributed by atoms with Crippen LogP contribution in [0.3, 0.4) is 0 Å². The molecule has 1 spiro atoms. The molecule has 248 valence electrons. The summed E-state index contributed by atoms with van der Waals surface area (Å²) in [5, 5.41) is 21.2. The summed E-state index contributed by atoms with van der Waals surface area (Å²) in [6.45, 7) is 7.30. The molecule has 5 N–H and O–H groups in total. The van der Waals surface area contributed by atoms with Crippen LogP contribution in [0, 0.1) is 11.3 Å². The highest BCUT2D eigenvalue weighted by atomic mass is 35.5. The van der Waals surface area contributed by atoms with Crippen molar-refractivity contribution in [3.8, 4) is 0 Å². The molecule has 0 amide bonds. The smallest absolute Gasteiger partial charge is 0.340 e. The molecule has 6 rings (SSSR count). The zero-order valence-corrected chi connectivity index (χ0v) is 27.9. The predicted molar refractivity (Wildman–Crippen MR) is 167 cm³/mol. The second kappa shape index (κ2) is 13.3. The van der Waals surface area contributed by atoms with Crippen molar-refractivity contribution >= 4 is 43.8 Å². The molecule has 14 nitrogen and oxygen atoms in total. The Morgan fingerprint density at radius 1 is 1.04 bits per heavy atom. The van der Waals surface area contributed by atoms with Gasteiger partial charge in [0, 0.05) is 13.1 Å². The first-order chi connectivity index (χ1) is 21.1. The highest BCUT2D eigenvalue weighted by molar-refractivity contribution is 7.70. The number of rotatable bonds is 7. The number of halogens is 1. The van der Waals surface area contributed by atoms with Crippen molar-refractivity contribution in [2.24, 2.45) is 11.3 Å². The van der Waals surface area contributed by atoms with Crippen LogP contribution in [0.4, 0.5) is 5.82 Å². The highest BCUT2D eigenvalue weighted by Gasteiger charge is 2.46. The van der Waals surface area contributed by atoms with Gasteiger partial charge < -0.3 is 39.1 Å². The van der Waals surface area contributed by atoms with Crippen molar-refractivity contribution in [3.05, 3.63) is 47.0 Å². The normalized spacial score (nSPS) is 25.8. The summed E-state index contributed by atoms with van der Waals surface area (Å²) in [5.74, 6) is -0.000319. The molecule has 3 aliphatic rings. The minimum atomic E-state index is -4.83. The van der Waals surface area contributed by atoms with E-state index >= 15 is 0 Å². The molecule has 3 aromatic rings. The first kappa shape index (κ1) is 34.4. The number of piperidine rings is 1. The number of aromatic nitrogens is 4. The van der Waals surface area contributed by atoms with E-state index in [1.54, 1.807) is 0 Å². The number of ether oxygens (including phenoxy) is 1. The van der Waals surface area contributed by atoms with Gasteiger partial charge in [-0.2, -0.15) is 9.97 Å². The first-order valence-electron chi connectivity index (χ1n) is 14.8. The third-order valence-corrected chi connectivity index (χ3v) is 11.8. The van der Waals surface area contributed by atoms with E-state index in [1.807, 2.05) is 0 Å². The number of hydrogen-bond acceptors (Lipinski definition) is 10. The number of nitrogens with zero attached hydrogens (tertiary/aromatic N) is 5. The molecule has 2 aliphatic heterocycles. The largest absolute Gasteiger partial charge is 0.387 e. The van der Waals surface area contributed by atoms with Crippen molar-refractivity contribution < 1.29 is 43.3 Å². The van der Waals surface area contributed by atoms with Gasteiger partial charge in [0.05, 0.1) is 12.9 Å². The van der Waals surface area contributed by atoms with Crippen molar-refractivity contribution in [2.75, 3.05) is 30.5 Å². The third kappa shape index (κ3) is 7.96. The Morgan fingerprint density at radius 3 is 2.22 bits per heavy atom. The van der Waals surface area contributed by atoms with Crippen molar-refractivity contribution in [1.82, 2.24) is 19.5 Å². The van der Waals surface area contributed by atoms with Crippen LogP contribution < -0.4 is 4.90 Å². The van der Waals surface area contributed by atoms with E-state index < -0.39 is 52.2 Å². The van der Waals surface area contributed by atoms with Gasteiger partial charge in [-0.05, 0) is 59.7 Å². The van der Waals surface area contributed by atoms with Gasteiger partial charge in [-0.25, -0.2) is 4.98 Å². The van der Waals surface area contributed by atoms with Crippen LogP contribution in [0.1, 0.15) is 51.0 Å². The fourth-order valence-electron chi connectivity index (χ4n) is 6.16. The molecule has 5 atom stereocenters. The Bertz CT molecular complexity index is 1580. The van der Waals surface area contributed by atoms with Crippen LogP contribution >= 0.6 is 26.8 Å². The second-order valence-electron chi connectivity index (χ2n) is 12.8. The van der Waals surface area contributed by atoms with E-state index in [2.05, 4.69) is 64.9 Å². The lowest BCUT2D eigenvalue weighted by Gasteiger charge is -2.40. The Kier molecular flexibility index (Phi) is 10.1. The number of aliphatic hydroxyl groups excluding tert-OH is 2. The van der Waals surface area contributed by atoms with Crippen LogP contribution in [-0.2, 0) is 31.2 Å². The lowest BCUT2D eigenvalue weighted by molar-refractivity contribution is -0.0483. The lowest BCUT2D eigenvalue weighted by Crippen LogP contribution is -2.41. The SMILES string of the molecule is CC(C)C.O=P(O)(O)CP(=O)(O)OCC1OC(n2cnc3c(N4CCC5(CC4)Cc4ccccc4C5)nc(Cl)nc32)C(O)C1O. The molecule has 0 radical (unpaired) electrons. The fourth-order valence-corrected chi connectivity index (χ4v) is 8.89. The summed E-state index contributed by atoms with van der Waals surface area (Å²) in [6, 6.07) is 8.57. The maximum atomic E-state index is 12.0. The molecular formula is C28H40ClN5O9P2. The second-order valence-corrected chi connectivity index (χ2v) is 17.1. The van der Waals surface area contributed by atoms with E-state index in [4.69, 9.17) is 30.6 Å². The minimum absolute atomic E-state index is 0.0330. The quantitative estimate of drug-likeness (QED) is 0.179. The fraction of sp³-hybridized carbons (Fsp3) is 0.607. The van der Waals surface area contributed by atoms with Crippen LogP contribution in [0.25, 0.3) is 11.2 Å². The first-order valence-corrected chi connectivity index (χ1v) is 18.7. The van der Waals surface area contributed by atoms with Crippen LogP contribution in [0.5, 0.6) is 0 Å². The zero-order chi connectivity index (χ0) is 32.7. The molecule has 2 saturated heterocycles. The van der Waals surface area contributed by atoms with Gasteiger partial charge in [-0.15, -0.1) is 0 Å². The number of benzene rings is 1. The van der Waals surface area contributed by atoms with Crippen molar-refractivity contribution in [3.63, 3.8) is 0 Å². The van der Waals surface area contributed by atoms with Crippen LogP contribution in [0.2, 0.25) is 5.28 Å².